The first kappa shape index (κ1) is 25.1. The third-order valence-electron chi connectivity index (χ3n) is 8.03. The average Bonchev–Trinajstić information content (AvgIpc) is 3.39. The van der Waals surface area contributed by atoms with E-state index in [0.717, 1.165) is 36.2 Å². The largest absolute Gasteiger partial charge is 0.511 e. The van der Waals surface area contributed by atoms with Crippen LogP contribution < -0.4 is 9.62 Å². The van der Waals surface area contributed by atoms with E-state index in [2.05, 4.69) is 23.6 Å². The second-order valence-corrected chi connectivity index (χ2v) is 14.3. The molecule has 2 saturated carbocycles. The summed E-state index contributed by atoms with van der Waals surface area (Å²) in [6.45, 7) is 4.72. The van der Waals surface area contributed by atoms with Crippen molar-refractivity contribution in [3.63, 3.8) is 0 Å². The zero-order valence-corrected chi connectivity index (χ0v) is 22.4. The Kier molecular flexibility index (Phi) is 5.90. The fourth-order valence-electron chi connectivity index (χ4n) is 6.16. The summed E-state index contributed by atoms with van der Waals surface area (Å²) in [5, 5.41) is 14.3. The molecule has 2 N–H and O–H groups in total. The SMILES string of the molecule is CC(C)CCN1C(=O)C(C2=NS(=O)(=O)c3cc(N(C)S(C)(=O)=O)ccc3N2)=C(O)[C@H]2C1[C@@H]1CC[C@H]2C1. The maximum absolute atomic E-state index is 13.8. The van der Waals surface area contributed by atoms with Crippen LogP contribution in [-0.2, 0) is 24.8 Å². The Balaban J connectivity index is 1.56. The molecule has 1 aromatic carbocycles. The molecule has 2 aliphatic heterocycles. The molecule has 1 aromatic rings. The first-order valence-corrected chi connectivity index (χ1v) is 15.5. The van der Waals surface area contributed by atoms with Gasteiger partial charge in [-0.1, -0.05) is 13.8 Å². The molecule has 2 bridgehead atoms. The molecule has 0 saturated heterocycles. The van der Waals surface area contributed by atoms with Crippen LogP contribution in [0.2, 0.25) is 0 Å². The number of carbonyl (C=O) groups excluding carboxylic acids is 1. The van der Waals surface area contributed by atoms with E-state index in [4.69, 9.17) is 0 Å². The van der Waals surface area contributed by atoms with Gasteiger partial charge in [0.15, 0.2) is 5.84 Å². The van der Waals surface area contributed by atoms with E-state index in [1.807, 2.05) is 4.90 Å². The van der Waals surface area contributed by atoms with E-state index in [1.165, 1.54) is 25.2 Å². The standard InChI is InChI=1S/C24H32N4O6S2/c1-13(2)9-10-28-21-15-6-5-14(11-15)19(21)22(29)20(24(28)30)23-25-17-8-7-16(27(3)35(4,31)32)12-18(17)36(33,34)26-23/h7-8,12-15,19,21,29H,5-6,9-11H2,1-4H3,(H,25,26)/t14-,15+,19+,21?/m0/s1. The molecule has 2 heterocycles. The second-order valence-electron chi connectivity index (χ2n) is 10.7. The number of aliphatic hydroxyl groups excluding tert-OH is 1. The van der Waals surface area contributed by atoms with Crippen molar-refractivity contribution >= 4 is 43.2 Å². The van der Waals surface area contributed by atoms with Crippen molar-refractivity contribution in [1.82, 2.24) is 4.90 Å². The van der Waals surface area contributed by atoms with Gasteiger partial charge in [0, 0.05) is 25.6 Å². The van der Waals surface area contributed by atoms with Crippen LogP contribution in [-0.4, -0.2) is 64.5 Å². The Morgan fingerprint density at radius 3 is 2.61 bits per heavy atom. The minimum Gasteiger partial charge on any atom is -0.511 e. The number of aliphatic hydroxyl groups is 1. The van der Waals surface area contributed by atoms with Crippen LogP contribution in [0.25, 0.3) is 0 Å². The molecule has 0 spiro atoms. The van der Waals surface area contributed by atoms with E-state index >= 15 is 0 Å². The predicted molar refractivity (Wildman–Crippen MR) is 137 cm³/mol. The Labute approximate surface area is 212 Å². The summed E-state index contributed by atoms with van der Waals surface area (Å²) in [7, 11) is -6.55. The van der Waals surface area contributed by atoms with Crippen molar-refractivity contribution in [1.29, 1.82) is 0 Å². The lowest BCUT2D eigenvalue weighted by Crippen LogP contribution is -2.54. The highest BCUT2D eigenvalue weighted by Gasteiger charge is 2.57. The third kappa shape index (κ3) is 3.98. The second kappa shape index (κ2) is 8.47. The fraction of sp³-hybridized carbons (Fsp3) is 0.583. The summed E-state index contributed by atoms with van der Waals surface area (Å²) < 4.78 is 55.1. The molecular formula is C24H32N4O6S2. The molecule has 1 amide bonds. The summed E-state index contributed by atoms with van der Waals surface area (Å²) in [5.41, 5.74) is 0.252. The number of rotatable bonds is 6. The number of carbonyl (C=O) groups is 1. The molecule has 1 unspecified atom stereocenters. The normalized spacial score (nSPS) is 28.6. The average molecular weight is 537 g/mol. The number of hydrogen-bond donors (Lipinski definition) is 2. The van der Waals surface area contributed by atoms with Crippen molar-refractivity contribution in [2.75, 3.05) is 29.5 Å². The number of fused-ring (bicyclic) bond motifs is 6. The van der Waals surface area contributed by atoms with Crippen LogP contribution in [0.5, 0.6) is 0 Å². The number of hydrogen-bond acceptors (Lipinski definition) is 7. The number of benzene rings is 1. The summed E-state index contributed by atoms with van der Waals surface area (Å²) in [4.78, 5) is 15.4. The highest BCUT2D eigenvalue weighted by atomic mass is 32.2. The van der Waals surface area contributed by atoms with Crippen LogP contribution in [0.3, 0.4) is 0 Å². The minimum absolute atomic E-state index is 0.0686. The van der Waals surface area contributed by atoms with Gasteiger partial charge in [-0.25, -0.2) is 8.42 Å². The fourth-order valence-corrected chi connectivity index (χ4v) is 7.80. The van der Waals surface area contributed by atoms with Gasteiger partial charge in [-0.05, 0) is 61.6 Å². The van der Waals surface area contributed by atoms with Crippen molar-refractivity contribution in [3.05, 3.63) is 29.5 Å². The number of sulfonamides is 2. The van der Waals surface area contributed by atoms with Gasteiger partial charge < -0.3 is 15.3 Å². The predicted octanol–water partition coefficient (Wildman–Crippen LogP) is 2.71. The molecule has 2 fully saturated rings. The van der Waals surface area contributed by atoms with Crippen LogP contribution in [0.1, 0.15) is 39.5 Å². The van der Waals surface area contributed by atoms with Gasteiger partial charge in [-0.15, -0.1) is 4.40 Å². The van der Waals surface area contributed by atoms with Crippen LogP contribution in [0.15, 0.2) is 38.8 Å². The summed E-state index contributed by atoms with van der Waals surface area (Å²) in [5.74, 6) is 0.0988. The summed E-state index contributed by atoms with van der Waals surface area (Å²) in [6.07, 6.45) is 4.79. The molecular weight excluding hydrogens is 504 g/mol. The first-order chi connectivity index (χ1) is 16.8. The molecule has 4 atom stereocenters. The Hall–Kier alpha value is -2.60. The highest BCUT2D eigenvalue weighted by molar-refractivity contribution is 7.92. The lowest BCUT2D eigenvalue weighted by atomic mass is 9.77. The highest BCUT2D eigenvalue weighted by Crippen LogP contribution is 2.55. The molecule has 0 radical (unpaired) electrons. The van der Waals surface area contributed by atoms with E-state index in [1.54, 1.807) is 0 Å². The van der Waals surface area contributed by atoms with Crippen molar-refractivity contribution < 1.29 is 26.7 Å². The zero-order chi connectivity index (χ0) is 26.2. The Bertz CT molecular complexity index is 1400. The van der Waals surface area contributed by atoms with Gasteiger partial charge >= 0.3 is 0 Å². The summed E-state index contributed by atoms with van der Waals surface area (Å²) in [6, 6.07) is 4.08. The molecule has 4 aliphatic rings. The molecule has 10 nitrogen and oxygen atoms in total. The quantitative estimate of drug-likeness (QED) is 0.570. The molecule has 12 heteroatoms. The molecule has 36 heavy (non-hydrogen) atoms. The van der Waals surface area contributed by atoms with Crippen LogP contribution in [0, 0.1) is 23.7 Å². The number of amidine groups is 1. The maximum atomic E-state index is 13.8. The molecule has 196 valence electrons. The lowest BCUT2D eigenvalue weighted by Gasteiger charge is -2.44. The monoisotopic (exact) mass is 536 g/mol. The number of anilines is 2. The van der Waals surface area contributed by atoms with E-state index < -0.39 is 26.0 Å². The lowest BCUT2D eigenvalue weighted by molar-refractivity contribution is -0.133. The molecule has 0 aromatic heterocycles. The van der Waals surface area contributed by atoms with Gasteiger partial charge in [0.2, 0.25) is 10.0 Å². The Morgan fingerprint density at radius 2 is 1.94 bits per heavy atom. The smallest absolute Gasteiger partial charge is 0.286 e. The van der Waals surface area contributed by atoms with Gasteiger partial charge in [-0.3, -0.25) is 9.10 Å². The van der Waals surface area contributed by atoms with Crippen molar-refractivity contribution in [3.8, 4) is 0 Å². The maximum Gasteiger partial charge on any atom is 0.286 e. The van der Waals surface area contributed by atoms with Crippen LogP contribution in [0.4, 0.5) is 11.4 Å². The van der Waals surface area contributed by atoms with E-state index in [-0.39, 0.29) is 51.3 Å². The Morgan fingerprint density at radius 1 is 1.25 bits per heavy atom. The van der Waals surface area contributed by atoms with E-state index in [0.29, 0.717) is 18.4 Å². The number of amides is 1. The van der Waals surface area contributed by atoms with Gasteiger partial charge in [0.1, 0.15) is 16.2 Å². The molecule has 5 rings (SSSR count). The number of nitrogens with zero attached hydrogens (tertiary/aromatic N) is 3. The van der Waals surface area contributed by atoms with Gasteiger partial charge in [-0.2, -0.15) is 8.42 Å². The van der Waals surface area contributed by atoms with Crippen molar-refractivity contribution in [2.24, 2.45) is 28.1 Å². The van der Waals surface area contributed by atoms with E-state index in [9.17, 15) is 26.7 Å². The minimum atomic E-state index is -4.28. The van der Waals surface area contributed by atoms with Gasteiger partial charge in [0.25, 0.3) is 15.9 Å². The topological polar surface area (TPSA) is 136 Å². The van der Waals surface area contributed by atoms with Crippen molar-refractivity contribution in [2.45, 2.75) is 50.5 Å². The van der Waals surface area contributed by atoms with Gasteiger partial charge in [0.05, 0.1) is 17.6 Å². The third-order valence-corrected chi connectivity index (χ3v) is 10.6. The summed E-state index contributed by atoms with van der Waals surface area (Å²) >= 11 is 0. The number of nitrogens with one attached hydrogen (secondary N) is 1. The molecule has 2 aliphatic carbocycles. The zero-order valence-electron chi connectivity index (χ0n) is 20.8. The first-order valence-electron chi connectivity index (χ1n) is 12.2. The van der Waals surface area contributed by atoms with Crippen LogP contribution >= 0.6 is 0 Å².